The van der Waals surface area contributed by atoms with E-state index in [1.807, 2.05) is 54.6 Å². The van der Waals surface area contributed by atoms with Gasteiger partial charge in [0.25, 0.3) is 0 Å². The Balaban J connectivity index is 1.66. The summed E-state index contributed by atoms with van der Waals surface area (Å²) in [5.41, 5.74) is 2.84. The number of ether oxygens (including phenoxy) is 1. The summed E-state index contributed by atoms with van der Waals surface area (Å²) >= 11 is 3.41. The summed E-state index contributed by atoms with van der Waals surface area (Å²) in [6.07, 6.45) is 3.39. The lowest BCUT2D eigenvalue weighted by Gasteiger charge is -2.10. The zero-order valence-corrected chi connectivity index (χ0v) is 15.4. The number of pyridine rings is 1. The van der Waals surface area contributed by atoms with Gasteiger partial charge in [0, 0.05) is 27.8 Å². The first kappa shape index (κ1) is 16.5. The van der Waals surface area contributed by atoms with Gasteiger partial charge in [-0.25, -0.2) is 4.98 Å². The fourth-order valence-corrected chi connectivity index (χ4v) is 3.16. The van der Waals surface area contributed by atoms with Crippen LogP contribution in [0.4, 0.5) is 0 Å². The maximum atomic E-state index is 13.1. The Morgan fingerprint density at radius 2 is 1.81 bits per heavy atom. The second kappa shape index (κ2) is 7.14. The molecule has 128 valence electrons. The predicted octanol–water partition coefficient (Wildman–Crippen LogP) is 5.14. The third-order valence-corrected chi connectivity index (χ3v) is 4.54. The summed E-state index contributed by atoms with van der Waals surface area (Å²) < 4.78 is 6.75. The van der Waals surface area contributed by atoms with Crippen LogP contribution >= 0.6 is 15.9 Å². The highest BCUT2D eigenvalue weighted by atomic mass is 79.9. The molecule has 4 nitrogen and oxygen atoms in total. The Kier molecular flexibility index (Phi) is 4.54. The molecule has 0 aliphatic rings. The summed E-state index contributed by atoms with van der Waals surface area (Å²) in [5.74, 6) is 0.471. The number of hydrogen-bond acceptors (Lipinski definition) is 3. The smallest absolute Gasteiger partial charge is 0.198 e. The Hall–Kier alpha value is -2.92. The van der Waals surface area contributed by atoms with Gasteiger partial charge in [0.1, 0.15) is 18.0 Å². The van der Waals surface area contributed by atoms with Gasteiger partial charge in [-0.1, -0.05) is 42.5 Å². The van der Waals surface area contributed by atoms with Crippen LogP contribution in [-0.2, 0) is 6.61 Å². The first-order valence-electron chi connectivity index (χ1n) is 8.15. The van der Waals surface area contributed by atoms with Gasteiger partial charge in [-0.3, -0.25) is 4.79 Å². The van der Waals surface area contributed by atoms with Crippen molar-refractivity contribution >= 4 is 32.7 Å². The number of aromatic nitrogens is 2. The number of ketones is 1. The number of rotatable bonds is 5. The maximum absolute atomic E-state index is 13.1. The molecule has 0 atom stereocenters. The van der Waals surface area contributed by atoms with Crippen LogP contribution in [0.3, 0.4) is 0 Å². The molecule has 0 saturated carbocycles. The SMILES string of the molecule is O=C(c1ccccc1OCc1ccccc1)c1c[nH]c2ncc(Br)cc12. The normalized spacial score (nSPS) is 10.8. The first-order chi connectivity index (χ1) is 12.7. The highest BCUT2D eigenvalue weighted by Gasteiger charge is 2.18. The van der Waals surface area contributed by atoms with Crippen LogP contribution in [0, 0.1) is 0 Å². The summed E-state index contributed by atoms with van der Waals surface area (Å²) in [6.45, 7) is 0.409. The van der Waals surface area contributed by atoms with Gasteiger partial charge < -0.3 is 9.72 Å². The largest absolute Gasteiger partial charge is 0.488 e. The minimum Gasteiger partial charge on any atom is -0.488 e. The van der Waals surface area contributed by atoms with Crippen molar-refractivity contribution in [2.75, 3.05) is 0 Å². The van der Waals surface area contributed by atoms with Gasteiger partial charge in [-0.15, -0.1) is 0 Å². The molecule has 2 aromatic heterocycles. The van der Waals surface area contributed by atoms with Crippen LogP contribution < -0.4 is 4.74 Å². The lowest BCUT2D eigenvalue weighted by Crippen LogP contribution is -2.05. The van der Waals surface area contributed by atoms with Crippen LogP contribution in [0.5, 0.6) is 5.75 Å². The number of nitrogens with one attached hydrogen (secondary N) is 1. The number of H-pyrrole nitrogens is 1. The standard InChI is InChI=1S/C21H15BrN2O2/c22-15-10-17-18(12-24-21(17)23-11-15)20(25)16-8-4-5-9-19(16)26-13-14-6-2-1-3-7-14/h1-12H,13H2,(H,23,24). The molecular weight excluding hydrogens is 392 g/mol. The van der Waals surface area contributed by atoms with E-state index < -0.39 is 0 Å². The quantitative estimate of drug-likeness (QED) is 0.467. The summed E-state index contributed by atoms with van der Waals surface area (Å²) in [7, 11) is 0. The summed E-state index contributed by atoms with van der Waals surface area (Å²) in [5, 5.41) is 0.780. The van der Waals surface area contributed by atoms with Crippen molar-refractivity contribution in [2.24, 2.45) is 0 Å². The minimum absolute atomic E-state index is 0.0974. The van der Waals surface area contributed by atoms with Gasteiger partial charge >= 0.3 is 0 Å². The van der Waals surface area contributed by atoms with E-state index in [2.05, 4.69) is 25.9 Å². The van der Waals surface area contributed by atoms with E-state index in [0.29, 0.717) is 29.1 Å². The van der Waals surface area contributed by atoms with Crippen molar-refractivity contribution in [1.29, 1.82) is 0 Å². The Morgan fingerprint density at radius 1 is 1.04 bits per heavy atom. The van der Waals surface area contributed by atoms with Crippen LogP contribution in [-0.4, -0.2) is 15.8 Å². The molecule has 1 N–H and O–H groups in total. The van der Waals surface area contributed by atoms with E-state index in [4.69, 9.17) is 4.74 Å². The lowest BCUT2D eigenvalue weighted by molar-refractivity contribution is 0.103. The van der Waals surface area contributed by atoms with Crippen molar-refractivity contribution in [2.45, 2.75) is 6.61 Å². The zero-order valence-electron chi connectivity index (χ0n) is 13.8. The van der Waals surface area contributed by atoms with Crippen molar-refractivity contribution < 1.29 is 9.53 Å². The number of hydrogen-bond donors (Lipinski definition) is 1. The molecule has 4 aromatic rings. The molecule has 26 heavy (non-hydrogen) atoms. The average Bonchev–Trinajstić information content (AvgIpc) is 3.10. The van der Waals surface area contributed by atoms with Crippen molar-refractivity contribution in [3.05, 3.63) is 94.2 Å². The molecule has 0 bridgehead atoms. The molecular formula is C21H15BrN2O2. The third kappa shape index (κ3) is 3.26. The number of nitrogens with zero attached hydrogens (tertiary/aromatic N) is 1. The zero-order chi connectivity index (χ0) is 17.9. The van der Waals surface area contributed by atoms with Gasteiger partial charge in [-0.05, 0) is 39.7 Å². The number of carbonyl (C=O) groups excluding carboxylic acids is 1. The molecule has 0 fully saturated rings. The third-order valence-electron chi connectivity index (χ3n) is 4.11. The van der Waals surface area contributed by atoms with E-state index in [0.717, 1.165) is 15.4 Å². The summed E-state index contributed by atoms with van der Waals surface area (Å²) in [6, 6.07) is 19.1. The molecule has 5 heteroatoms. The van der Waals surface area contributed by atoms with E-state index in [1.165, 1.54) is 0 Å². The molecule has 2 aromatic carbocycles. The molecule has 0 unspecified atom stereocenters. The van der Waals surface area contributed by atoms with Gasteiger partial charge in [-0.2, -0.15) is 0 Å². The van der Waals surface area contributed by atoms with Crippen LogP contribution in [0.25, 0.3) is 11.0 Å². The summed E-state index contributed by atoms with van der Waals surface area (Å²) in [4.78, 5) is 20.5. The Morgan fingerprint density at radius 3 is 2.65 bits per heavy atom. The second-order valence-electron chi connectivity index (χ2n) is 5.85. The van der Waals surface area contributed by atoms with Crippen molar-refractivity contribution in [3.8, 4) is 5.75 Å². The number of halogens is 1. The number of benzene rings is 2. The lowest BCUT2D eigenvalue weighted by atomic mass is 10.0. The molecule has 0 spiro atoms. The van der Waals surface area contributed by atoms with Crippen LogP contribution in [0.15, 0.2) is 77.5 Å². The van der Waals surface area contributed by atoms with Gasteiger partial charge in [0.05, 0.1) is 5.56 Å². The number of para-hydroxylation sites is 1. The van der Waals surface area contributed by atoms with Gasteiger partial charge in [0.2, 0.25) is 0 Å². The molecule has 4 rings (SSSR count). The topological polar surface area (TPSA) is 55.0 Å². The molecule has 2 heterocycles. The monoisotopic (exact) mass is 406 g/mol. The highest BCUT2D eigenvalue weighted by Crippen LogP contribution is 2.27. The number of fused-ring (bicyclic) bond motifs is 1. The van der Waals surface area contributed by atoms with Gasteiger partial charge in [0.15, 0.2) is 5.78 Å². The van der Waals surface area contributed by atoms with Crippen LogP contribution in [0.2, 0.25) is 0 Å². The van der Waals surface area contributed by atoms with E-state index in [9.17, 15) is 4.79 Å². The first-order valence-corrected chi connectivity index (χ1v) is 8.95. The number of aromatic amines is 1. The highest BCUT2D eigenvalue weighted by molar-refractivity contribution is 9.10. The van der Waals surface area contributed by atoms with Crippen molar-refractivity contribution in [1.82, 2.24) is 9.97 Å². The van der Waals surface area contributed by atoms with E-state index >= 15 is 0 Å². The molecule has 0 amide bonds. The minimum atomic E-state index is -0.0974. The molecule has 0 radical (unpaired) electrons. The molecule has 0 aliphatic carbocycles. The fraction of sp³-hybridized carbons (Fsp3) is 0.0476. The fourth-order valence-electron chi connectivity index (χ4n) is 2.83. The predicted molar refractivity (Wildman–Crippen MR) is 104 cm³/mol. The average molecular weight is 407 g/mol. The van der Waals surface area contributed by atoms with Crippen molar-refractivity contribution in [3.63, 3.8) is 0 Å². The molecule has 0 saturated heterocycles. The molecule has 0 aliphatic heterocycles. The number of carbonyl (C=O) groups is 1. The maximum Gasteiger partial charge on any atom is 0.198 e. The second-order valence-corrected chi connectivity index (χ2v) is 6.77. The van der Waals surface area contributed by atoms with E-state index in [-0.39, 0.29) is 5.78 Å². The van der Waals surface area contributed by atoms with Crippen LogP contribution in [0.1, 0.15) is 21.5 Å². The Labute approximate surface area is 159 Å². The van der Waals surface area contributed by atoms with E-state index in [1.54, 1.807) is 18.5 Å². The Bertz CT molecular complexity index is 1070.